The number of nitrogens with two attached hydrogens (primary N) is 1. The molecule has 17 heavy (non-hydrogen) atoms. The molecule has 0 amide bonds. The summed E-state index contributed by atoms with van der Waals surface area (Å²) in [6.45, 7) is 6.32. The number of nitrogens with zero attached hydrogens (tertiary/aromatic N) is 2. The van der Waals surface area contributed by atoms with E-state index in [0.29, 0.717) is 5.92 Å². The van der Waals surface area contributed by atoms with E-state index in [4.69, 9.17) is 15.2 Å². The highest BCUT2D eigenvalue weighted by Gasteiger charge is 2.23. The van der Waals surface area contributed by atoms with Gasteiger partial charge in [-0.1, -0.05) is 0 Å². The molecule has 96 valence electrons. The van der Waals surface area contributed by atoms with Crippen molar-refractivity contribution in [2.75, 3.05) is 13.2 Å². The molecule has 0 bridgehead atoms. The van der Waals surface area contributed by atoms with Gasteiger partial charge in [-0.05, 0) is 20.3 Å². The molecule has 0 aromatic carbocycles. The Kier molecular flexibility index (Phi) is 4.02. The van der Waals surface area contributed by atoms with Crippen LogP contribution in [0.25, 0.3) is 0 Å². The lowest BCUT2D eigenvalue weighted by Crippen LogP contribution is -2.34. The van der Waals surface area contributed by atoms with Gasteiger partial charge >= 0.3 is 0 Å². The fourth-order valence-electron chi connectivity index (χ4n) is 2.03. The van der Waals surface area contributed by atoms with Crippen LogP contribution < -0.4 is 10.5 Å². The Hall–Kier alpha value is -1.07. The first-order valence-electron chi connectivity index (χ1n) is 6.17. The van der Waals surface area contributed by atoms with Gasteiger partial charge in [-0.2, -0.15) is 5.10 Å². The van der Waals surface area contributed by atoms with Gasteiger partial charge in [-0.25, -0.2) is 0 Å². The van der Waals surface area contributed by atoms with Crippen LogP contribution in [-0.4, -0.2) is 35.1 Å². The summed E-state index contributed by atoms with van der Waals surface area (Å²) >= 11 is 0. The molecular weight excluding hydrogens is 218 g/mol. The van der Waals surface area contributed by atoms with Crippen LogP contribution in [0.1, 0.15) is 20.3 Å². The summed E-state index contributed by atoms with van der Waals surface area (Å²) in [5, 5.41) is 4.25. The van der Waals surface area contributed by atoms with E-state index in [1.807, 2.05) is 24.7 Å². The van der Waals surface area contributed by atoms with E-state index in [9.17, 15) is 0 Å². The zero-order valence-corrected chi connectivity index (χ0v) is 10.5. The average Bonchev–Trinajstić information content (AvgIpc) is 2.87. The SMILES string of the molecule is CC(C)Oc1cnn(CC(N)C2CCOC2)c1. The quantitative estimate of drug-likeness (QED) is 0.833. The molecule has 2 heterocycles. The zero-order chi connectivity index (χ0) is 12.3. The van der Waals surface area contributed by atoms with Crippen molar-refractivity contribution in [1.82, 2.24) is 9.78 Å². The van der Waals surface area contributed by atoms with E-state index < -0.39 is 0 Å². The van der Waals surface area contributed by atoms with Crippen LogP contribution in [-0.2, 0) is 11.3 Å². The molecule has 0 spiro atoms. The summed E-state index contributed by atoms with van der Waals surface area (Å²) in [5.41, 5.74) is 6.14. The van der Waals surface area contributed by atoms with E-state index in [1.54, 1.807) is 6.20 Å². The van der Waals surface area contributed by atoms with Gasteiger partial charge in [0.05, 0.1) is 31.6 Å². The highest BCUT2D eigenvalue weighted by Crippen LogP contribution is 2.17. The third-order valence-electron chi connectivity index (χ3n) is 2.95. The van der Waals surface area contributed by atoms with E-state index in [0.717, 1.165) is 31.9 Å². The van der Waals surface area contributed by atoms with Crippen LogP contribution in [0.4, 0.5) is 0 Å². The van der Waals surface area contributed by atoms with Crippen molar-refractivity contribution in [2.45, 2.75) is 39.0 Å². The molecule has 1 fully saturated rings. The highest BCUT2D eigenvalue weighted by molar-refractivity contribution is 5.12. The molecule has 5 nitrogen and oxygen atoms in total. The molecule has 0 radical (unpaired) electrons. The summed E-state index contributed by atoms with van der Waals surface area (Å²) in [5.74, 6) is 1.25. The molecule has 0 saturated carbocycles. The molecule has 0 aliphatic carbocycles. The van der Waals surface area contributed by atoms with Crippen molar-refractivity contribution in [2.24, 2.45) is 11.7 Å². The van der Waals surface area contributed by atoms with E-state index >= 15 is 0 Å². The fourth-order valence-corrected chi connectivity index (χ4v) is 2.03. The van der Waals surface area contributed by atoms with Gasteiger partial charge < -0.3 is 15.2 Å². The largest absolute Gasteiger partial charge is 0.488 e. The number of hydrogen-bond acceptors (Lipinski definition) is 4. The first-order chi connectivity index (χ1) is 8.15. The van der Waals surface area contributed by atoms with E-state index in [-0.39, 0.29) is 12.1 Å². The molecule has 2 N–H and O–H groups in total. The highest BCUT2D eigenvalue weighted by atomic mass is 16.5. The van der Waals surface area contributed by atoms with E-state index in [1.165, 1.54) is 0 Å². The third kappa shape index (κ3) is 3.44. The predicted octanol–water partition coefficient (Wildman–Crippen LogP) is 1.03. The smallest absolute Gasteiger partial charge is 0.157 e. The Morgan fingerprint density at radius 2 is 2.47 bits per heavy atom. The Bertz CT molecular complexity index is 345. The maximum atomic E-state index is 6.14. The molecule has 1 saturated heterocycles. The summed E-state index contributed by atoms with van der Waals surface area (Å²) < 4.78 is 12.7. The maximum absolute atomic E-state index is 6.14. The van der Waals surface area contributed by atoms with Crippen LogP contribution in [0.2, 0.25) is 0 Å². The van der Waals surface area contributed by atoms with Crippen LogP contribution in [0, 0.1) is 5.92 Å². The minimum absolute atomic E-state index is 0.101. The van der Waals surface area contributed by atoms with Crippen LogP contribution >= 0.6 is 0 Å². The summed E-state index contributed by atoms with van der Waals surface area (Å²) in [4.78, 5) is 0. The lowest BCUT2D eigenvalue weighted by Gasteiger charge is -2.17. The third-order valence-corrected chi connectivity index (χ3v) is 2.95. The number of ether oxygens (including phenoxy) is 2. The van der Waals surface area contributed by atoms with Crippen molar-refractivity contribution >= 4 is 0 Å². The second kappa shape index (κ2) is 5.51. The van der Waals surface area contributed by atoms with Gasteiger partial charge in [-0.3, -0.25) is 4.68 Å². The minimum atomic E-state index is 0.101. The second-order valence-electron chi connectivity index (χ2n) is 4.85. The molecule has 2 atom stereocenters. The van der Waals surface area contributed by atoms with Crippen molar-refractivity contribution in [1.29, 1.82) is 0 Å². The number of hydrogen-bond donors (Lipinski definition) is 1. The van der Waals surface area contributed by atoms with Gasteiger partial charge in [0.2, 0.25) is 0 Å². The van der Waals surface area contributed by atoms with Gasteiger partial charge in [0.25, 0.3) is 0 Å². The first-order valence-corrected chi connectivity index (χ1v) is 6.17. The van der Waals surface area contributed by atoms with Gasteiger partial charge in [0.1, 0.15) is 0 Å². The Morgan fingerprint density at radius 1 is 1.65 bits per heavy atom. The van der Waals surface area contributed by atoms with E-state index in [2.05, 4.69) is 5.10 Å². The van der Waals surface area contributed by atoms with Crippen molar-refractivity contribution in [3.63, 3.8) is 0 Å². The maximum Gasteiger partial charge on any atom is 0.157 e. The van der Waals surface area contributed by atoms with Crippen LogP contribution in [0.15, 0.2) is 12.4 Å². The number of aromatic nitrogens is 2. The molecule has 1 aliphatic rings. The predicted molar refractivity (Wildman–Crippen MR) is 64.9 cm³/mol. The van der Waals surface area contributed by atoms with Crippen molar-refractivity contribution in [3.05, 3.63) is 12.4 Å². The van der Waals surface area contributed by atoms with Crippen LogP contribution in [0.5, 0.6) is 5.75 Å². The number of rotatable bonds is 5. The lowest BCUT2D eigenvalue weighted by atomic mass is 10.0. The molecule has 1 aromatic rings. The van der Waals surface area contributed by atoms with Gasteiger partial charge in [-0.15, -0.1) is 0 Å². The summed E-state index contributed by atoms with van der Waals surface area (Å²) in [7, 11) is 0. The molecule has 1 aliphatic heterocycles. The first kappa shape index (κ1) is 12.4. The Labute approximate surface area is 102 Å². The normalized spacial score (nSPS) is 22.0. The lowest BCUT2D eigenvalue weighted by molar-refractivity contribution is 0.178. The summed E-state index contributed by atoms with van der Waals surface area (Å²) in [6, 6.07) is 0.101. The fraction of sp³-hybridized carbons (Fsp3) is 0.750. The van der Waals surface area contributed by atoms with Crippen LogP contribution in [0.3, 0.4) is 0 Å². The monoisotopic (exact) mass is 239 g/mol. The molecular formula is C12H21N3O2. The Balaban J connectivity index is 1.87. The molecule has 2 rings (SSSR count). The molecule has 2 unspecified atom stereocenters. The Morgan fingerprint density at radius 3 is 3.12 bits per heavy atom. The minimum Gasteiger partial charge on any atom is -0.488 e. The topological polar surface area (TPSA) is 62.3 Å². The van der Waals surface area contributed by atoms with Gasteiger partial charge in [0, 0.05) is 18.6 Å². The van der Waals surface area contributed by atoms with Gasteiger partial charge in [0.15, 0.2) is 5.75 Å². The standard InChI is InChI=1S/C12H21N3O2/c1-9(2)17-11-5-14-15(6-11)7-12(13)10-3-4-16-8-10/h5-6,9-10,12H,3-4,7-8,13H2,1-2H3. The second-order valence-corrected chi connectivity index (χ2v) is 4.85. The average molecular weight is 239 g/mol. The molecule has 5 heteroatoms. The van der Waals surface area contributed by atoms with Crippen molar-refractivity contribution < 1.29 is 9.47 Å². The zero-order valence-electron chi connectivity index (χ0n) is 10.5. The molecule has 1 aromatic heterocycles. The van der Waals surface area contributed by atoms with Crippen molar-refractivity contribution in [3.8, 4) is 5.75 Å². The summed E-state index contributed by atoms with van der Waals surface area (Å²) in [6.07, 6.45) is 4.86.